The van der Waals surface area contributed by atoms with Crippen LogP contribution in [0.5, 0.6) is 0 Å². The van der Waals surface area contributed by atoms with Crippen molar-refractivity contribution in [1.82, 2.24) is 10.7 Å². The van der Waals surface area contributed by atoms with E-state index in [1.54, 1.807) is 0 Å². The van der Waals surface area contributed by atoms with Crippen LogP contribution in [0.1, 0.15) is 26.2 Å². The molecule has 0 saturated carbocycles. The Kier molecular flexibility index (Phi) is 4.97. The summed E-state index contributed by atoms with van der Waals surface area (Å²) in [5.41, 5.74) is 11.6. The highest BCUT2D eigenvalue weighted by Gasteiger charge is 2.28. The number of nitrogens with zero attached hydrogens (tertiary/aromatic N) is 1. The Morgan fingerprint density at radius 1 is 1.23 bits per heavy atom. The summed E-state index contributed by atoms with van der Waals surface area (Å²) in [4.78, 5) is 0. The monoisotopic (exact) mass is 302 g/mol. The van der Waals surface area contributed by atoms with Crippen molar-refractivity contribution in [1.29, 1.82) is 0 Å². The van der Waals surface area contributed by atoms with Crippen LogP contribution in [0.15, 0.2) is 41.7 Å². The van der Waals surface area contributed by atoms with Crippen molar-refractivity contribution in [3.8, 4) is 0 Å². The highest BCUT2D eigenvalue weighted by atomic mass is 16.5. The molecule has 22 heavy (non-hydrogen) atoms. The smallest absolute Gasteiger partial charge is 0.150 e. The maximum Gasteiger partial charge on any atom is 0.150 e. The van der Waals surface area contributed by atoms with E-state index in [1.807, 2.05) is 42.3 Å². The van der Waals surface area contributed by atoms with Crippen LogP contribution < -0.4 is 21.5 Å². The first kappa shape index (κ1) is 15.3. The predicted octanol–water partition coefficient (Wildman–Crippen LogP) is 1.93. The summed E-state index contributed by atoms with van der Waals surface area (Å²) in [7, 11) is 0. The number of rotatable bonds is 5. The summed E-state index contributed by atoms with van der Waals surface area (Å²) < 4.78 is 6.03. The molecule has 1 saturated heterocycles. The minimum atomic E-state index is -0.123. The Morgan fingerprint density at radius 2 is 1.95 bits per heavy atom. The van der Waals surface area contributed by atoms with E-state index in [1.165, 1.54) is 12.8 Å². The number of para-hydroxylation sites is 1. The Hall–Kier alpha value is -1.56. The molecule has 5 nitrogen and oxygen atoms in total. The first-order valence-electron chi connectivity index (χ1n) is 8.15. The largest absolute Gasteiger partial charge is 0.384 e. The van der Waals surface area contributed by atoms with Crippen LogP contribution in [0.25, 0.3) is 0 Å². The quantitative estimate of drug-likeness (QED) is 0.776. The van der Waals surface area contributed by atoms with Crippen LogP contribution >= 0.6 is 0 Å². The van der Waals surface area contributed by atoms with Gasteiger partial charge in [0.1, 0.15) is 5.82 Å². The molecule has 0 aromatic heterocycles. The van der Waals surface area contributed by atoms with Crippen LogP contribution in [-0.2, 0) is 4.74 Å². The van der Waals surface area contributed by atoms with E-state index < -0.39 is 0 Å². The number of nitrogens with two attached hydrogens (primary N) is 1. The molecule has 4 N–H and O–H groups in total. The van der Waals surface area contributed by atoms with Gasteiger partial charge in [0, 0.05) is 12.2 Å². The van der Waals surface area contributed by atoms with Crippen molar-refractivity contribution in [2.24, 2.45) is 11.7 Å². The minimum Gasteiger partial charge on any atom is -0.384 e. The molecule has 5 heteroatoms. The third-order valence-corrected chi connectivity index (χ3v) is 4.57. The van der Waals surface area contributed by atoms with Crippen molar-refractivity contribution in [3.05, 3.63) is 41.7 Å². The Labute approximate surface area is 132 Å². The summed E-state index contributed by atoms with van der Waals surface area (Å²) >= 11 is 0. The van der Waals surface area contributed by atoms with Crippen LogP contribution in [0.4, 0.5) is 5.69 Å². The zero-order valence-electron chi connectivity index (χ0n) is 13.2. The standard InChI is InChI=1S/C17H26N4O/c1-13-16(18)21(15-5-3-2-4-6-15)20-17(13)22-12-9-14-7-10-19-11-8-14/h2-6,14,17,19-20H,7-12,18H2,1H3. The van der Waals surface area contributed by atoms with E-state index in [2.05, 4.69) is 10.7 Å². The molecular weight excluding hydrogens is 276 g/mol. The number of anilines is 1. The molecule has 0 bridgehead atoms. The van der Waals surface area contributed by atoms with Crippen LogP contribution in [-0.4, -0.2) is 25.9 Å². The van der Waals surface area contributed by atoms with Gasteiger partial charge in [-0.25, -0.2) is 0 Å². The fourth-order valence-electron chi connectivity index (χ4n) is 3.07. The minimum absolute atomic E-state index is 0.123. The number of hydrogen-bond acceptors (Lipinski definition) is 5. The number of piperidine rings is 1. The molecule has 0 aliphatic carbocycles. The molecule has 2 aliphatic rings. The number of benzene rings is 1. The number of hydrogen-bond donors (Lipinski definition) is 3. The van der Waals surface area contributed by atoms with Gasteiger partial charge in [0.2, 0.25) is 0 Å². The van der Waals surface area contributed by atoms with Crippen molar-refractivity contribution >= 4 is 5.69 Å². The highest BCUT2D eigenvalue weighted by Crippen LogP contribution is 2.24. The van der Waals surface area contributed by atoms with Crippen LogP contribution in [0, 0.1) is 5.92 Å². The van der Waals surface area contributed by atoms with Crippen LogP contribution in [0.3, 0.4) is 0 Å². The molecule has 3 rings (SSSR count). The summed E-state index contributed by atoms with van der Waals surface area (Å²) in [6.45, 7) is 5.08. The lowest BCUT2D eigenvalue weighted by atomic mass is 9.95. The fraction of sp³-hybridized carbons (Fsp3) is 0.529. The maximum atomic E-state index is 6.21. The molecule has 1 unspecified atom stereocenters. The fourth-order valence-corrected chi connectivity index (χ4v) is 3.07. The van der Waals surface area contributed by atoms with Gasteiger partial charge >= 0.3 is 0 Å². The first-order chi connectivity index (χ1) is 10.8. The average molecular weight is 302 g/mol. The lowest BCUT2D eigenvalue weighted by molar-refractivity contribution is 0.0497. The molecule has 0 amide bonds. The van der Waals surface area contributed by atoms with E-state index >= 15 is 0 Å². The summed E-state index contributed by atoms with van der Waals surface area (Å²) in [6.07, 6.45) is 3.52. The van der Waals surface area contributed by atoms with E-state index in [4.69, 9.17) is 10.5 Å². The third-order valence-electron chi connectivity index (χ3n) is 4.57. The van der Waals surface area contributed by atoms with E-state index in [-0.39, 0.29) is 6.23 Å². The Bertz CT molecular complexity index is 511. The average Bonchev–Trinajstić information content (AvgIpc) is 2.85. The Balaban J connectivity index is 1.52. The number of hydrazine groups is 1. The lowest BCUT2D eigenvalue weighted by Crippen LogP contribution is -2.40. The van der Waals surface area contributed by atoms with E-state index in [0.717, 1.165) is 49.1 Å². The van der Waals surface area contributed by atoms with Gasteiger partial charge in [0.25, 0.3) is 0 Å². The van der Waals surface area contributed by atoms with Crippen molar-refractivity contribution in [3.63, 3.8) is 0 Å². The summed E-state index contributed by atoms with van der Waals surface area (Å²) in [6, 6.07) is 10.1. The molecular formula is C17H26N4O. The number of nitrogens with one attached hydrogen (secondary N) is 2. The van der Waals surface area contributed by atoms with Gasteiger partial charge in [-0.2, -0.15) is 5.43 Å². The predicted molar refractivity (Wildman–Crippen MR) is 88.9 cm³/mol. The van der Waals surface area contributed by atoms with Gasteiger partial charge in [0.05, 0.1) is 5.69 Å². The first-order valence-corrected chi connectivity index (χ1v) is 8.15. The van der Waals surface area contributed by atoms with Crippen molar-refractivity contribution in [2.45, 2.75) is 32.4 Å². The normalized spacial score (nSPS) is 23.3. The second-order valence-electron chi connectivity index (χ2n) is 6.10. The third kappa shape index (κ3) is 3.43. The Morgan fingerprint density at radius 3 is 2.68 bits per heavy atom. The molecule has 1 aromatic rings. The van der Waals surface area contributed by atoms with Gasteiger partial charge in [-0.1, -0.05) is 18.2 Å². The second-order valence-corrected chi connectivity index (χ2v) is 6.10. The zero-order chi connectivity index (χ0) is 15.4. The molecule has 0 spiro atoms. The lowest BCUT2D eigenvalue weighted by Gasteiger charge is -2.24. The van der Waals surface area contributed by atoms with Gasteiger partial charge < -0.3 is 15.8 Å². The van der Waals surface area contributed by atoms with Gasteiger partial charge in [-0.3, -0.25) is 5.01 Å². The van der Waals surface area contributed by atoms with E-state index in [9.17, 15) is 0 Å². The summed E-state index contributed by atoms with van der Waals surface area (Å²) in [5, 5.41) is 5.31. The SMILES string of the molecule is CC1=C(N)N(c2ccccc2)NC1OCCC1CCNCC1. The molecule has 1 fully saturated rings. The number of ether oxygens (including phenoxy) is 1. The molecule has 1 atom stereocenters. The highest BCUT2D eigenvalue weighted by molar-refractivity contribution is 5.53. The van der Waals surface area contributed by atoms with Crippen molar-refractivity contribution < 1.29 is 4.74 Å². The topological polar surface area (TPSA) is 62.5 Å². The molecule has 2 aliphatic heterocycles. The second kappa shape index (κ2) is 7.13. The van der Waals surface area contributed by atoms with Gasteiger partial charge in [-0.05, 0) is 57.3 Å². The van der Waals surface area contributed by atoms with Crippen LogP contribution in [0.2, 0.25) is 0 Å². The van der Waals surface area contributed by atoms with Crippen molar-refractivity contribution in [2.75, 3.05) is 24.7 Å². The van der Waals surface area contributed by atoms with E-state index in [0.29, 0.717) is 0 Å². The molecule has 0 radical (unpaired) electrons. The molecule has 1 aromatic carbocycles. The molecule has 2 heterocycles. The summed E-state index contributed by atoms with van der Waals surface area (Å²) in [5.74, 6) is 1.52. The maximum absolute atomic E-state index is 6.21. The van der Waals surface area contributed by atoms with Gasteiger partial charge in [0.15, 0.2) is 6.23 Å². The zero-order valence-corrected chi connectivity index (χ0v) is 13.2. The van der Waals surface area contributed by atoms with Gasteiger partial charge in [-0.15, -0.1) is 0 Å². The molecule has 120 valence electrons.